The third-order valence-corrected chi connectivity index (χ3v) is 17.4. The van der Waals surface area contributed by atoms with Gasteiger partial charge in [-0.3, -0.25) is 9.59 Å². The van der Waals surface area contributed by atoms with Crippen LogP contribution in [0.5, 0.6) is 11.5 Å². The summed E-state index contributed by atoms with van der Waals surface area (Å²) in [5.74, 6) is -1.81. The molecule has 1 unspecified atom stereocenters. The van der Waals surface area contributed by atoms with E-state index in [1.165, 1.54) is 27.6 Å². The third kappa shape index (κ3) is 11.1. The van der Waals surface area contributed by atoms with E-state index in [2.05, 4.69) is 16.0 Å². The summed E-state index contributed by atoms with van der Waals surface area (Å²) in [5, 5.41) is 24.4. The zero-order chi connectivity index (χ0) is 48.2. The molecule has 366 valence electrons. The number of hydrogen-bond acceptors (Lipinski definition) is 14. The average Bonchev–Trinajstić information content (AvgIpc) is 3.79. The van der Waals surface area contributed by atoms with Crippen LogP contribution in [-0.2, 0) is 29.1 Å². The number of nitrogens with zero attached hydrogens (tertiary/aromatic N) is 4. The minimum atomic E-state index is -3.85. The highest BCUT2D eigenvalue weighted by Gasteiger charge is 2.61. The minimum Gasteiger partial charge on any atom is -0.497 e. The van der Waals surface area contributed by atoms with Crippen LogP contribution in [0.25, 0.3) is 22.3 Å². The SMILES string of the molecule is COc1ccc2c(O[C@@H]3C[C@H]4C(=O)N[C@]5(C(=O)O)CC5/C=C\CCCCC[C@H](NC(=O)O[C@H](CN(C)S(=O)(=O)c5cccs5)C5CCCCC5)C(=O)N4C3)cc(-c3csc(NC(C)C)n3)nc2c1. The molecule has 3 aromatic heterocycles. The van der Waals surface area contributed by atoms with Crippen molar-refractivity contribution >= 4 is 72.6 Å². The number of allylic oxidation sites excluding steroid dienone is 1. The van der Waals surface area contributed by atoms with Crippen LogP contribution in [0.4, 0.5) is 9.93 Å². The molecule has 4 aliphatic rings. The lowest BCUT2D eigenvalue weighted by atomic mass is 9.85. The van der Waals surface area contributed by atoms with Crippen molar-refractivity contribution in [2.75, 3.05) is 32.6 Å². The van der Waals surface area contributed by atoms with Gasteiger partial charge in [0.05, 0.1) is 31.4 Å². The number of thiazole rings is 1. The van der Waals surface area contributed by atoms with Gasteiger partial charge in [-0.2, -0.15) is 4.31 Å². The molecule has 68 heavy (non-hydrogen) atoms. The first kappa shape index (κ1) is 49.1. The van der Waals surface area contributed by atoms with Crippen LogP contribution in [0.1, 0.15) is 90.9 Å². The second-order valence-corrected chi connectivity index (χ2v) is 22.7. The third-order valence-electron chi connectivity index (χ3n) is 13.4. The maximum Gasteiger partial charge on any atom is 0.408 e. The van der Waals surface area contributed by atoms with E-state index in [0.29, 0.717) is 46.6 Å². The molecule has 2 aliphatic heterocycles. The Kier molecular flexibility index (Phi) is 15.3. The lowest BCUT2D eigenvalue weighted by molar-refractivity contribution is -0.145. The number of rotatable bonds is 14. The number of carboxylic acid groups (broad SMARTS) is 1. The van der Waals surface area contributed by atoms with Gasteiger partial charge in [-0.1, -0.05) is 50.3 Å². The highest BCUT2D eigenvalue weighted by atomic mass is 32.2. The number of carbonyl (C=O) groups excluding carboxylic acids is 3. The zero-order valence-corrected chi connectivity index (χ0v) is 41.3. The lowest BCUT2D eigenvalue weighted by Gasteiger charge is -2.33. The van der Waals surface area contributed by atoms with Gasteiger partial charge in [0.2, 0.25) is 11.8 Å². The van der Waals surface area contributed by atoms with Gasteiger partial charge in [-0.05, 0) is 81.9 Å². The van der Waals surface area contributed by atoms with Crippen LogP contribution in [-0.4, -0.2) is 120 Å². The summed E-state index contributed by atoms with van der Waals surface area (Å²) in [6.45, 7) is 3.93. The second-order valence-electron chi connectivity index (χ2n) is 18.6. The molecule has 8 rings (SSSR count). The fourth-order valence-electron chi connectivity index (χ4n) is 9.58. The van der Waals surface area contributed by atoms with E-state index in [1.54, 1.807) is 42.8 Å². The van der Waals surface area contributed by atoms with E-state index in [9.17, 15) is 27.9 Å². The second kappa shape index (κ2) is 21.1. The first-order valence-corrected chi connectivity index (χ1v) is 26.7. The summed E-state index contributed by atoms with van der Waals surface area (Å²) < 4.78 is 46.9. The molecular formula is C48H61N7O10S3. The molecule has 4 N–H and O–H groups in total. The van der Waals surface area contributed by atoms with Gasteiger partial charge in [0, 0.05) is 48.3 Å². The number of ether oxygens (including phenoxy) is 3. The van der Waals surface area contributed by atoms with Gasteiger partial charge in [0.25, 0.3) is 10.0 Å². The first-order chi connectivity index (χ1) is 32.6. The van der Waals surface area contributed by atoms with Crippen LogP contribution >= 0.6 is 22.7 Å². The van der Waals surface area contributed by atoms with Crippen LogP contribution in [0.2, 0.25) is 0 Å². The predicted molar refractivity (Wildman–Crippen MR) is 259 cm³/mol. The number of sulfonamides is 1. The maximum atomic E-state index is 15.0. The Hall–Kier alpha value is -5.31. The summed E-state index contributed by atoms with van der Waals surface area (Å²) in [7, 11) is -0.801. The van der Waals surface area contributed by atoms with Gasteiger partial charge in [0.1, 0.15) is 51.2 Å². The highest BCUT2D eigenvalue weighted by Crippen LogP contribution is 2.46. The van der Waals surface area contributed by atoms with E-state index in [-0.39, 0.29) is 48.5 Å². The number of pyridine rings is 1. The Bertz CT molecular complexity index is 2600. The number of methoxy groups -OCH3 is 1. The number of amides is 3. The monoisotopic (exact) mass is 991 g/mol. The number of benzene rings is 1. The van der Waals surface area contributed by atoms with E-state index in [0.717, 1.165) is 61.4 Å². The van der Waals surface area contributed by atoms with Crippen molar-refractivity contribution in [1.29, 1.82) is 0 Å². The summed E-state index contributed by atoms with van der Waals surface area (Å²) in [6, 6.07) is 8.30. The molecule has 0 radical (unpaired) electrons. The summed E-state index contributed by atoms with van der Waals surface area (Å²) in [5.41, 5.74) is 0.213. The van der Waals surface area contributed by atoms with Crippen molar-refractivity contribution in [3.8, 4) is 22.9 Å². The molecule has 1 aromatic carbocycles. The van der Waals surface area contributed by atoms with Crippen molar-refractivity contribution in [2.24, 2.45) is 11.8 Å². The van der Waals surface area contributed by atoms with Crippen molar-refractivity contribution in [1.82, 2.24) is 29.8 Å². The fourth-order valence-corrected chi connectivity index (χ4v) is 12.8. The number of anilines is 1. The molecule has 5 heterocycles. The Morgan fingerprint density at radius 1 is 1.03 bits per heavy atom. The Morgan fingerprint density at radius 2 is 1.81 bits per heavy atom. The quantitative estimate of drug-likeness (QED) is 0.0905. The predicted octanol–water partition coefficient (Wildman–Crippen LogP) is 7.44. The topological polar surface area (TPSA) is 219 Å². The van der Waals surface area contributed by atoms with Crippen LogP contribution < -0.4 is 25.4 Å². The smallest absolute Gasteiger partial charge is 0.408 e. The average molecular weight is 992 g/mol. The molecular weight excluding hydrogens is 931 g/mol. The van der Waals surface area contributed by atoms with Crippen molar-refractivity contribution in [2.45, 2.75) is 131 Å². The Morgan fingerprint density at radius 3 is 2.54 bits per heavy atom. The fraction of sp³-hybridized carbons (Fsp3) is 0.542. The molecule has 0 bridgehead atoms. The minimum absolute atomic E-state index is 0.0220. The largest absolute Gasteiger partial charge is 0.497 e. The number of hydrogen-bond donors (Lipinski definition) is 4. The van der Waals surface area contributed by atoms with E-state index >= 15 is 4.79 Å². The van der Waals surface area contributed by atoms with Crippen LogP contribution in [0.3, 0.4) is 0 Å². The number of fused-ring (bicyclic) bond motifs is 3. The van der Waals surface area contributed by atoms with Crippen molar-refractivity contribution in [3.63, 3.8) is 0 Å². The van der Waals surface area contributed by atoms with E-state index in [4.69, 9.17) is 24.2 Å². The molecule has 4 aromatic rings. The van der Waals surface area contributed by atoms with Crippen LogP contribution in [0.15, 0.2) is 63.5 Å². The number of nitrogens with one attached hydrogen (secondary N) is 3. The number of likely N-dealkylation sites (N-methyl/N-ethyl adjacent to an activating group) is 1. The molecule has 3 amide bonds. The molecule has 2 aliphatic carbocycles. The molecule has 1 saturated heterocycles. The van der Waals surface area contributed by atoms with Gasteiger partial charge < -0.3 is 40.2 Å². The van der Waals surface area contributed by atoms with Gasteiger partial charge in [-0.25, -0.2) is 28.0 Å². The Balaban J connectivity index is 1.08. The molecule has 20 heteroatoms. The first-order valence-electron chi connectivity index (χ1n) is 23.5. The summed E-state index contributed by atoms with van der Waals surface area (Å²) >= 11 is 2.56. The van der Waals surface area contributed by atoms with Crippen molar-refractivity contribution in [3.05, 3.63) is 59.3 Å². The van der Waals surface area contributed by atoms with Gasteiger partial charge >= 0.3 is 12.1 Å². The molecule has 2 saturated carbocycles. The van der Waals surface area contributed by atoms with Crippen molar-refractivity contribution < 1.29 is 46.9 Å². The maximum absolute atomic E-state index is 15.0. The molecule has 17 nitrogen and oxygen atoms in total. The molecule has 6 atom stereocenters. The number of carboxylic acids is 1. The van der Waals surface area contributed by atoms with Gasteiger partial charge in [-0.15, -0.1) is 22.7 Å². The number of aromatic nitrogens is 2. The molecule has 0 spiro atoms. The zero-order valence-electron chi connectivity index (χ0n) is 38.8. The van der Waals surface area contributed by atoms with E-state index < -0.39 is 69.6 Å². The lowest BCUT2D eigenvalue weighted by Crippen LogP contribution is -2.56. The van der Waals surface area contributed by atoms with E-state index in [1.807, 2.05) is 37.4 Å². The summed E-state index contributed by atoms with van der Waals surface area (Å²) in [4.78, 5) is 67.5. The highest BCUT2D eigenvalue weighted by molar-refractivity contribution is 7.91. The normalized spacial score (nSPS) is 24.8. The van der Waals surface area contributed by atoms with Gasteiger partial charge in [0.15, 0.2) is 5.13 Å². The summed E-state index contributed by atoms with van der Waals surface area (Å²) in [6.07, 6.45) is 9.00. The number of thiophene rings is 1. The van der Waals surface area contributed by atoms with Crippen LogP contribution in [0, 0.1) is 11.8 Å². The standard InChI is InChI=1S/C48H61N7O10S3/c1-29(2)49-46-51-38(28-67-46)37-24-40(34-20-19-32(63-4)22-36(34)50-37)64-33-23-39-43(56)53-48(45(58)59)25-31(48)16-11-6-5-7-12-17-35(44(57)55(39)26-33)52-47(60)65-41(30-14-9-8-10-15-30)27-54(3)68(61,62)42-18-13-21-66-42/h11,13,16,18-22,24,28-31,33,35,39,41H,5-10,12,14-15,17,23,25-27H2,1-4H3,(H,49,51)(H,52,60)(H,53,56)(H,58,59)/b16-11-/t31?,33-,35+,39+,41-,48-/m1/s1. The number of aliphatic carboxylic acids is 1. The number of alkyl carbamates (subject to hydrolysis) is 1. The number of carbonyl (C=O) groups is 4. The Labute approximate surface area is 405 Å². The molecule has 3 fully saturated rings.